The van der Waals surface area contributed by atoms with Gasteiger partial charge in [-0.2, -0.15) is 0 Å². The van der Waals surface area contributed by atoms with Crippen LogP contribution >= 0.6 is 11.8 Å². The summed E-state index contributed by atoms with van der Waals surface area (Å²) in [5.74, 6) is -0.929. The average Bonchev–Trinajstić information content (AvgIpc) is 3.14. The number of fused-ring (bicyclic) bond motifs is 1. The number of anilines is 1. The number of esters is 1. The van der Waals surface area contributed by atoms with E-state index in [2.05, 4.69) is 10.3 Å². The van der Waals surface area contributed by atoms with Gasteiger partial charge in [0.1, 0.15) is 5.52 Å². The Bertz CT molecular complexity index is 1170. The van der Waals surface area contributed by atoms with Crippen LogP contribution in [0.3, 0.4) is 0 Å². The van der Waals surface area contributed by atoms with Crippen LogP contribution in [0.1, 0.15) is 17.3 Å². The van der Waals surface area contributed by atoms with E-state index in [0.29, 0.717) is 16.8 Å². The zero-order chi connectivity index (χ0) is 21.0. The smallest absolute Gasteiger partial charge is 0.339 e. The fourth-order valence-corrected chi connectivity index (χ4v) is 4.04. The first-order valence-corrected chi connectivity index (χ1v) is 11.2. The summed E-state index contributed by atoms with van der Waals surface area (Å²) < 4.78 is 34.2. The second-order valence-corrected chi connectivity index (χ2v) is 9.09. The zero-order valence-corrected chi connectivity index (χ0v) is 17.3. The second kappa shape index (κ2) is 8.66. The van der Waals surface area contributed by atoms with Gasteiger partial charge in [0.25, 0.3) is 5.22 Å². The first-order chi connectivity index (χ1) is 13.8. The number of carbonyl (C=O) groups excluding carboxylic acids is 2. The molecule has 0 saturated carbocycles. The van der Waals surface area contributed by atoms with E-state index in [1.54, 1.807) is 37.3 Å². The van der Waals surface area contributed by atoms with Gasteiger partial charge in [-0.05, 0) is 30.3 Å². The summed E-state index contributed by atoms with van der Waals surface area (Å²) in [5.41, 5.74) is 1.43. The Morgan fingerprint density at radius 2 is 1.97 bits per heavy atom. The summed E-state index contributed by atoms with van der Waals surface area (Å²) in [6.07, 6.45) is 0. The molecule has 1 heterocycles. The predicted octanol–water partition coefficient (Wildman–Crippen LogP) is 3.14. The molecule has 1 amide bonds. The topological polar surface area (TPSA) is 116 Å². The van der Waals surface area contributed by atoms with Gasteiger partial charge in [-0.25, -0.2) is 18.2 Å². The molecule has 0 fully saturated rings. The molecular weight excluding hydrogens is 416 g/mol. The lowest BCUT2D eigenvalue weighted by molar-refractivity contribution is -0.113. The first-order valence-electron chi connectivity index (χ1n) is 8.57. The van der Waals surface area contributed by atoms with Gasteiger partial charge in [0, 0.05) is 0 Å². The fourth-order valence-electron chi connectivity index (χ4n) is 2.50. The Kier molecular flexibility index (Phi) is 6.23. The number of benzene rings is 2. The minimum Gasteiger partial charge on any atom is -0.465 e. The maximum absolute atomic E-state index is 12.3. The van der Waals surface area contributed by atoms with E-state index >= 15 is 0 Å². The third-order valence-corrected chi connectivity index (χ3v) is 6.57. The summed E-state index contributed by atoms with van der Waals surface area (Å²) in [6, 6.07) is 11.0. The van der Waals surface area contributed by atoms with Crippen LogP contribution in [0, 0.1) is 0 Å². The van der Waals surface area contributed by atoms with Crippen molar-refractivity contribution in [3.63, 3.8) is 0 Å². The number of amides is 1. The lowest BCUT2D eigenvalue weighted by Crippen LogP contribution is -2.17. The van der Waals surface area contributed by atoms with Crippen molar-refractivity contribution in [3.8, 4) is 0 Å². The largest absolute Gasteiger partial charge is 0.465 e. The number of thioether (sulfide) groups is 1. The molecule has 0 aliphatic rings. The molecule has 0 aliphatic carbocycles. The Morgan fingerprint density at radius 3 is 2.69 bits per heavy atom. The molecule has 29 heavy (non-hydrogen) atoms. The summed E-state index contributed by atoms with van der Waals surface area (Å²) in [4.78, 5) is 28.4. The van der Waals surface area contributed by atoms with Crippen molar-refractivity contribution in [2.24, 2.45) is 0 Å². The monoisotopic (exact) mass is 434 g/mol. The molecule has 0 saturated heterocycles. The van der Waals surface area contributed by atoms with Crippen LogP contribution in [0.25, 0.3) is 11.1 Å². The van der Waals surface area contributed by atoms with Crippen LogP contribution in [0.5, 0.6) is 0 Å². The number of hydrogen-bond acceptors (Lipinski definition) is 8. The number of rotatable bonds is 7. The Hall–Kier alpha value is -2.85. The number of carbonyl (C=O) groups is 2. The van der Waals surface area contributed by atoms with Gasteiger partial charge < -0.3 is 14.5 Å². The molecule has 0 spiro atoms. The molecule has 0 radical (unpaired) electrons. The molecule has 3 rings (SSSR count). The third-order valence-electron chi connectivity index (χ3n) is 4.01. The van der Waals surface area contributed by atoms with Gasteiger partial charge in [0.05, 0.1) is 34.8 Å². The fraction of sp³-hybridized carbons (Fsp3) is 0.211. The highest BCUT2D eigenvalue weighted by molar-refractivity contribution is 7.99. The van der Waals surface area contributed by atoms with E-state index in [9.17, 15) is 18.0 Å². The molecule has 8 nitrogen and oxygen atoms in total. The zero-order valence-electron chi connectivity index (χ0n) is 15.7. The van der Waals surface area contributed by atoms with Crippen molar-refractivity contribution in [2.45, 2.75) is 17.0 Å². The number of methoxy groups -OCH3 is 1. The first kappa shape index (κ1) is 20.9. The van der Waals surface area contributed by atoms with Crippen molar-refractivity contribution in [1.82, 2.24) is 4.98 Å². The molecule has 0 aliphatic heterocycles. The molecule has 2 aromatic carbocycles. The quantitative estimate of drug-likeness (QED) is 0.445. The summed E-state index contributed by atoms with van der Waals surface area (Å²) in [6.45, 7) is 1.57. The SMILES string of the molecule is CCS(=O)(=O)c1ccc2oc(SCC(=O)Nc3ccccc3C(=O)OC)nc2c1. The third kappa shape index (κ3) is 4.77. The van der Waals surface area contributed by atoms with E-state index in [1.165, 1.54) is 19.2 Å². The van der Waals surface area contributed by atoms with Crippen LogP contribution in [-0.4, -0.2) is 43.9 Å². The van der Waals surface area contributed by atoms with Crippen molar-refractivity contribution in [1.29, 1.82) is 0 Å². The van der Waals surface area contributed by atoms with Crippen molar-refractivity contribution in [2.75, 3.05) is 23.9 Å². The van der Waals surface area contributed by atoms with E-state index in [1.807, 2.05) is 0 Å². The highest BCUT2D eigenvalue weighted by Crippen LogP contribution is 2.26. The van der Waals surface area contributed by atoms with Gasteiger partial charge in [0.2, 0.25) is 5.91 Å². The highest BCUT2D eigenvalue weighted by atomic mass is 32.2. The van der Waals surface area contributed by atoms with Crippen molar-refractivity contribution < 1.29 is 27.2 Å². The summed E-state index contributed by atoms with van der Waals surface area (Å²) in [5, 5.41) is 2.90. The van der Waals surface area contributed by atoms with Crippen molar-refractivity contribution in [3.05, 3.63) is 48.0 Å². The van der Waals surface area contributed by atoms with Gasteiger partial charge in [-0.3, -0.25) is 4.79 Å². The van der Waals surface area contributed by atoms with Crippen LogP contribution in [0.15, 0.2) is 57.0 Å². The van der Waals surface area contributed by atoms with Crippen LogP contribution in [0.4, 0.5) is 5.69 Å². The molecule has 0 unspecified atom stereocenters. The number of hydrogen-bond donors (Lipinski definition) is 1. The minimum absolute atomic E-state index is 0.00875. The normalized spacial score (nSPS) is 11.4. The number of para-hydroxylation sites is 1. The maximum Gasteiger partial charge on any atom is 0.339 e. The number of oxazole rings is 1. The molecule has 1 N–H and O–H groups in total. The molecule has 1 aromatic heterocycles. The van der Waals surface area contributed by atoms with Gasteiger partial charge in [-0.1, -0.05) is 30.8 Å². The molecule has 0 bridgehead atoms. The Morgan fingerprint density at radius 1 is 1.21 bits per heavy atom. The molecular formula is C19H18N2O6S2. The maximum atomic E-state index is 12.3. The summed E-state index contributed by atoms with van der Waals surface area (Å²) in [7, 11) is -2.08. The van der Waals surface area contributed by atoms with Crippen molar-refractivity contribution >= 4 is 50.3 Å². The molecule has 3 aromatic rings. The van der Waals surface area contributed by atoms with Crippen LogP contribution in [-0.2, 0) is 19.4 Å². The lowest BCUT2D eigenvalue weighted by atomic mass is 10.2. The number of aromatic nitrogens is 1. The predicted molar refractivity (Wildman–Crippen MR) is 109 cm³/mol. The molecule has 152 valence electrons. The lowest BCUT2D eigenvalue weighted by Gasteiger charge is -2.08. The number of sulfone groups is 1. The second-order valence-electron chi connectivity index (χ2n) is 5.89. The number of nitrogens with one attached hydrogen (secondary N) is 1. The van der Waals surface area contributed by atoms with E-state index in [0.717, 1.165) is 11.8 Å². The highest BCUT2D eigenvalue weighted by Gasteiger charge is 2.17. The van der Waals surface area contributed by atoms with Crippen LogP contribution in [0.2, 0.25) is 0 Å². The van der Waals surface area contributed by atoms with Gasteiger partial charge in [-0.15, -0.1) is 0 Å². The standard InChI is InChI=1S/C19H18N2O6S2/c1-3-29(24,25)12-8-9-16-15(10-12)21-19(27-16)28-11-17(22)20-14-7-5-4-6-13(14)18(23)26-2/h4-10H,3,11H2,1-2H3,(H,20,22). The average molecular weight is 434 g/mol. The minimum atomic E-state index is -3.34. The molecule has 10 heteroatoms. The van der Waals surface area contributed by atoms with E-state index in [-0.39, 0.29) is 33.1 Å². The Labute approximate surface area is 171 Å². The molecule has 0 atom stereocenters. The van der Waals surface area contributed by atoms with Gasteiger partial charge >= 0.3 is 5.97 Å². The Balaban J connectivity index is 1.69. The van der Waals surface area contributed by atoms with Crippen LogP contribution < -0.4 is 5.32 Å². The van der Waals surface area contributed by atoms with E-state index < -0.39 is 15.8 Å². The van der Waals surface area contributed by atoms with Gasteiger partial charge in [0.15, 0.2) is 15.4 Å². The number of nitrogens with zero attached hydrogens (tertiary/aromatic N) is 1. The number of ether oxygens (including phenoxy) is 1. The summed E-state index contributed by atoms with van der Waals surface area (Å²) >= 11 is 1.06. The van der Waals surface area contributed by atoms with E-state index in [4.69, 9.17) is 9.15 Å².